The van der Waals surface area contributed by atoms with Gasteiger partial charge < -0.3 is 9.80 Å². The average molecular weight is 272 g/mol. The van der Waals surface area contributed by atoms with Gasteiger partial charge in [-0.3, -0.25) is 0 Å². The van der Waals surface area contributed by atoms with Gasteiger partial charge in [0.05, 0.1) is 0 Å². The Kier molecular flexibility index (Phi) is 4.11. The number of hydrogen-bond acceptors (Lipinski definition) is 1. The standard InChI is InChI=1S/C14H22F2N2O/c1-11(2)12-3-7-17(8-4-12)13(19)18-9-5-14(15,16)6-10-18/h3,11H,4-10H2,1-2H3. The first kappa shape index (κ1) is 14.3. The zero-order valence-electron chi connectivity index (χ0n) is 11.7. The summed E-state index contributed by atoms with van der Waals surface area (Å²) in [7, 11) is 0. The van der Waals surface area contributed by atoms with Gasteiger partial charge in [0.2, 0.25) is 0 Å². The molecular formula is C14H22F2N2O. The number of hydrogen-bond donors (Lipinski definition) is 0. The van der Waals surface area contributed by atoms with Crippen molar-refractivity contribution in [3.05, 3.63) is 11.6 Å². The summed E-state index contributed by atoms with van der Waals surface area (Å²) in [6.45, 7) is 5.95. The number of alkyl halides is 2. The minimum Gasteiger partial charge on any atom is -0.324 e. The van der Waals surface area contributed by atoms with Crippen LogP contribution in [0.1, 0.15) is 33.1 Å². The topological polar surface area (TPSA) is 23.6 Å². The molecule has 5 heteroatoms. The third kappa shape index (κ3) is 3.45. The highest BCUT2D eigenvalue weighted by Crippen LogP contribution is 2.28. The Balaban J connectivity index is 1.88. The molecule has 2 amide bonds. The van der Waals surface area contributed by atoms with Crippen molar-refractivity contribution in [3.63, 3.8) is 0 Å². The van der Waals surface area contributed by atoms with Gasteiger partial charge in [-0.05, 0) is 12.3 Å². The molecule has 0 aromatic carbocycles. The summed E-state index contributed by atoms with van der Waals surface area (Å²) in [5.74, 6) is -2.07. The quantitative estimate of drug-likeness (QED) is 0.673. The molecule has 0 aromatic rings. The predicted molar refractivity (Wildman–Crippen MR) is 70.3 cm³/mol. The van der Waals surface area contributed by atoms with Crippen molar-refractivity contribution in [3.8, 4) is 0 Å². The highest BCUT2D eigenvalue weighted by atomic mass is 19.3. The van der Waals surface area contributed by atoms with E-state index in [9.17, 15) is 13.6 Å². The summed E-state index contributed by atoms with van der Waals surface area (Å²) in [5, 5.41) is 0. The number of likely N-dealkylation sites (tertiary alicyclic amines) is 1. The van der Waals surface area contributed by atoms with Crippen molar-refractivity contribution in [2.24, 2.45) is 5.92 Å². The minimum absolute atomic E-state index is 0.0884. The third-order valence-corrected chi connectivity index (χ3v) is 4.02. The van der Waals surface area contributed by atoms with E-state index in [2.05, 4.69) is 19.9 Å². The second-order valence-corrected chi connectivity index (χ2v) is 5.76. The molecule has 1 fully saturated rings. The molecule has 2 heterocycles. The molecule has 2 rings (SSSR count). The van der Waals surface area contributed by atoms with Crippen molar-refractivity contribution < 1.29 is 13.6 Å². The first-order valence-electron chi connectivity index (χ1n) is 7.00. The molecule has 0 atom stereocenters. The van der Waals surface area contributed by atoms with E-state index in [4.69, 9.17) is 0 Å². The molecule has 0 aliphatic carbocycles. The molecule has 0 saturated carbocycles. The Hall–Kier alpha value is -1.13. The molecule has 19 heavy (non-hydrogen) atoms. The molecule has 0 N–H and O–H groups in total. The first-order valence-corrected chi connectivity index (χ1v) is 7.00. The summed E-state index contributed by atoms with van der Waals surface area (Å²) in [6, 6.07) is -0.0884. The van der Waals surface area contributed by atoms with Crippen molar-refractivity contribution in [1.82, 2.24) is 9.80 Å². The van der Waals surface area contributed by atoms with Crippen molar-refractivity contribution >= 4 is 6.03 Å². The van der Waals surface area contributed by atoms with Crippen molar-refractivity contribution in [1.29, 1.82) is 0 Å². The fourth-order valence-corrected chi connectivity index (χ4v) is 2.61. The van der Waals surface area contributed by atoms with E-state index < -0.39 is 5.92 Å². The molecule has 0 aromatic heterocycles. The van der Waals surface area contributed by atoms with E-state index in [1.165, 1.54) is 5.57 Å². The normalized spacial score (nSPS) is 23.5. The van der Waals surface area contributed by atoms with Crippen LogP contribution >= 0.6 is 0 Å². The van der Waals surface area contributed by atoms with Crippen LogP contribution in [0.25, 0.3) is 0 Å². The Morgan fingerprint density at radius 2 is 1.84 bits per heavy atom. The Bertz CT molecular complexity index is 370. The van der Waals surface area contributed by atoms with Gasteiger partial charge >= 0.3 is 6.03 Å². The van der Waals surface area contributed by atoms with Crippen LogP contribution in [0.15, 0.2) is 11.6 Å². The van der Waals surface area contributed by atoms with Gasteiger partial charge in [0.25, 0.3) is 5.92 Å². The van der Waals surface area contributed by atoms with Gasteiger partial charge in [-0.2, -0.15) is 0 Å². The Labute approximate surface area is 113 Å². The van der Waals surface area contributed by atoms with Crippen LogP contribution < -0.4 is 0 Å². The number of piperidine rings is 1. The number of urea groups is 1. The number of carbonyl (C=O) groups is 1. The maximum Gasteiger partial charge on any atom is 0.320 e. The van der Waals surface area contributed by atoms with E-state index in [1.54, 1.807) is 9.80 Å². The number of amides is 2. The Morgan fingerprint density at radius 1 is 1.21 bits per heavy atom. The molecule has 3 nitrogen and oxygen atoms in total. The van der Waals surface area contributed by atoms with Gasteiger partial charge in [-0.25, -0.2) is 13.6 Å². The summed E-state index contributed by atoms with van der Waals surface area (Å²) in [5.41, 5.74) is 1.38. The lowest BCUT2D eigenvalue weighted by molar-refractivity contribution is -0.0490. The molecule has 0 radical (unpaired) electrons. The van der Waals surface area contributed by atoms with Crippen LogP contribution in [0.2, 0.25) is 0 Å². The smallest absolute Gasteiger partial charge is 0.320 e. The van der Waals surface area contributed by atoms with E-state index in [0.29, 0.717) is 19.0 Å². The molecule has 108 valence electrons. The number of halogens is 2. The molecule has 2 aliphatic rings. The zero-order chi connectivity index (χ0) is 14.0. The van der Waals surface area contributed by atoms with E-state index >= 15 is 0 Å². The van der Waals surface area contributed by atoms with Gasteiger partial charge in [0, 0.05) is 39.0 Å². The van der Waals surface area contributed by atoms with Crippen LogP contribution in [0, 0.1) is 5.92 Å². The fraction of sp³-hybridized carbons (Fsp3) is 0.786. The van der Waals surface area contributed by atoms with Gasteiger partial charge in [0.1, 0.15) is 0 Å². The van der Waals surface area contributed by atoms with E-state index in [1.807, 2.05) is 0 Å². The number of rotatable bonds is 1. The summed E-state index contributed by atoms with van der Waals surface area (Å²) < 4.78 is 26.1. The minimum atomic E-state index is -2.59. The second-order valence-electron chi connectivity index (χ2n) is 5.76. The maximum absolute atomic E-state index is 13.1. The largest absolute Gasteiger partial charge is 0.324 e. The van der Waals surface area contributed by atoms with E-state index in [-0.39, 0.29) is 32.0 Å². The number of nitrogens with zero attached hydrogens (tertiary/aromatic N) is 2. The lowest BCUT2D eigenvalue weighted by atomic mass is 9.97. The fourth-order valence-electron chi connectivity index (χ4n) is 2.61. The monoisotopic (exact) mass is 272 g/mol. The molecule has 2 aliphatic heterocycles. The van der Waals surface area contributed by atoms with Crippen molar-refractivity contribution in [2.45, 2.75) is 39.0 Å². The molecular weight excluding hydrogens is 250 g/mol. The first-order chi connectivity index (χ1) is 8.89. The van der Waals surface area contributed by atoms with Crippen LogP contribution in [-0.2, 0) is 0 Å². The lowest BCUT2D eigenvalue weighted by Gasteiger charge is -2.37. The maximum atomic E-state index is 13.1. The third-order valence-electron chi connectivity index (χ3n) is 4.02. The SMILES string of the molecule is CC(C)C1=CCN(C(=O)N2CCC(F)(F)CC2)CC1. The van der Waals surface area contributed by atoms with Crippen LogP contribution in [0.3, 0.4) is 0 Å². The molecule has 0 spiro atoms. The summed E-state index contributed by atoms with van der Waals surface area (Å²) in [6.07, 6.45) is 2.58. The van der Waals surface area contributed by atoms with E-state index in [0.717, 1.165) is 6.42 Å². The lowest BCUT2D eigenvalue weighted by Crippen LogP contribution is -2.50. The number of carbonyl (C=O) groups excluding carboxylic acids is 1. The van der Waals surface area contributed by atoms with Crippen molar-refractivity contribution in [2.75, 3.05) is 26.2 Å². The zero-order valence-corrected chi connectivity index (χ0v) is 11.7. The summed E-state index contributed by atoms with van der Waals surface area (Å²) >= 11 is 0. The molecule has 1 saturated heterocycles. The molecule has 0 unspecified atom stereocenters. The van der Waals surface area contributed by atoms with Crippen LogP contribution in [-0.4, -0.2) is 47.9 Å². The second kappa shape index (κ2) is 5.47. The highest BCUT2D eigenvalue weighted by molar-refractivity contribution is 5.75. The van der Waals surface area contributed by atoms with Gasteiger partial charge in [-0.15, -0.1) is 0 Å². The summed E-state index contributed by atoms with van der Waals surface area (Å²) in [4.78, 5) is 15.5. The van der Waals surface area contributed by atoms with Crippen LogP contribution in [0.5, 0.6) is 0 Å². The average Bonchev–Trinajstić information content (AvgIpc) is 2.38. The highest BCUT2D eigenvalue weighted by Gasteiger charge is 2.36. The van der Waals surface area contributed by atoms with Crippen LogP contribution in [0.4, 0.5) is 13.6 Å². The predicted octanol–water partition coefficient (Wildman–Crippen LogP) is 3.13. The molecule has 0 bridgehead atoms. The van der Waals surface area contributed by atoms with Gasteiger partial charge in [0.15, 0.2) is 0 Å². The van der Waals surface area contributed by atoms with Gasteiger partial charge in [-0.1, -0.05) is 25.5 Å². The Morgan fingerprint density at radius 3 is 2.32 bits per heavy atom.